The number of amides is 1. The van der Waals surface area contributed by atoms with Crippen LogP contribution in [0.1, 0.15) is 5.56 Å². The third-order valence-electron chi connectivity index (χ3n) is 3.37. The summed E-state index contributed by atoms with van der Waals surface area (Å²) in [4.78, 5) is 15.7. The van der Waals surface area contributed by atoms with Crippen molar-refractivity contribution in [2.75, 3.05) is 6.61 Å². The Morgan fingerprint density at radius 1 is 1.24 bits per heavy atom. The molecular weight excluding hydrogens is 347 g/mol. The minimum Gasteiger partial charge on any atom is -0.484 e. The van der Waals surface area contributed by atoms with E-state index >= 15 is 0 Å². The minimum absolute atomic E-state index is 0.0506. The molecule has 0 aliphatic heterocycles. The number of carbonyl (C=O) groups is 1. The van der Waals surface area contributed by atoms with E-state index in [9.17, 15) is 9.18 Å². The third-order valence-corrected chi connectivity index (χ3v) is 3.66. The summed E-state index contributed by atoms with van der Waals surface area (Å²) >= 11 is 5.65. The van der Waals surface area contributed by atoms with E-state index in [2.05, 4.69) is 15.4 Å². The van der Waals surface area contributed by atoms with E-state index in [0.29, 0.717) is 12.3 Å². The fraction of sp³-hybridized carbons (Fsp3) is 0.118. The van der Waals surface area contributed by atoms with E-state index in [-0.39, 0.29) is 17.5 Å². The highest BCUT2D eigenvalue weighted by Gasteiger charge is 2.06. The van der Waals surface area contributed by atoms with Gasteiger partial charge < -0.3 is 10.1 Å². The minimum atomic E-state index is -0.534. The van der Waals surface area contributed by atoms with Gasteiger partial charge in [-0.05, 0) is 29.8 Å². The summed E-state index contributed by atoms with van der Waals surface area (Å²) in [5.41, 5.74) is 1.81. The Morgan fingerprint density at radius 2 is 2.04 bits per heavy atom. The third kappa shape index (κ3) is 4.54. The predicted molar refractivity (Wildman–Crippen MR) is 90.1 cm³/mol. The lowest BCUT2D eigenvalue weighted by molar-refractivity contribution is -0.123. The molecule has 0 atom stereocenters. The second kappa shape index (κ2) is 7.76. The summed E-state index contributed by atoms with van der Waals surface area (Å²) < 4.78 is 20.0. The average molecular weight is 361 g/mol. The van der Waals surface area contributed by atoms with E-state index < -0.39 is 5.82 Å². The van der Waals surface area contributed by atoms with Gasteiger partial charge in [-0.15, -0.1) is 0 Å². The van der Waals surface area contributed by atoms with Crippen LogP contribution in [-0.4, -0.2) is 27.3 Å². The van der Waals surface area contributed by atoms with Crippen molar-refractivity contribution in [3.8, 4) is 11.4 Å². The summed E-state index contributed by atoms with van der Waals surface area (Å²) in [6.45, 7) is 0.184. The molecule has 1 amide bonds. The number of benzene rings is 2. The van der Waals surface area contributed by atoms with E-state index in [4.69, 9.17) is 16.3 Å². The van der Waals surface area contributed by atoms with Crippen LogP contribution in [0, 0.1) is 5.82 Å². The van der Waals surface area contributed by atoms with E-state index in [1.807, 2.05) is 24.3 Å². The van der Waals surface area contributed by atoms with Crippen LogP contribution in [-0.2, 0) is 11.3 Å². The van der Waals surface area contributed by atoms with E-state index in [1.165, 1.54) is 24.5 Å². The molecule has 0 radical (unpaired) electrons. The summed E-state index contributed by atoms with van der Waals surface area (Å²) in [6.07, 6.45) is 3.07. The lowest BCUT2D eigenvalue weighted by Crippen LogP contribution is -2.28. The van der Waals surface area contributed by atoms with Gasteiger partial charge in [0.25, 0.3) is 5.91 Å². The number of nitrogens with one attached hydrogen (secondary N) is 1. The smallest absolute Gasteiger partial charge is 0.258 e. The van der Waals surface area contributed by atoms with Crippen LogP contribution in [0.15, 0.2) is 55.1 Å². The average Bonchev–Trinajstić information content (AvgIpc) is 3.16. The van der Waals surface area contributed by atoms with E-state index in [0.717, 1.165) is 11.3 Å². The Bertz CT molecular complexity index is 854. The zero-order chi connectivity index (χ0) is 17.6. The van der Waals surface area contributed by atoms with Crippen LogP contribution >= 0.6 is 11.6 Å². The first kappa shape index (κ1) is 16.9. The molecular formula is C17H14ClFN4O2. The van der Waals surface area contributed by atoms with Gasteiger partial charge in [0.05, 0.1) is 10.7 Å². The quantitative estimate of drug-likeness (QED) is 0.734. The second-order valence-electron chi connectivity index (χ2n) is 5.15. The number of hydrogen-bond donors (Lipinski definition) is 1. The SMILES string of the molecule is O=C(COc1ccc(F)c(Cl)c1)NCc1ccc(-n2cncn2)cc1. The molecule has 0 fully saturated rings. The Morgan fingerprint density at radius 3 is 2.72 bits per heavy atom. The van der Waals surface area contributed by atoms with Gasteiger partial charge >= 0.3 is 0 Å². The molecule has 3 aromatic rings. The molecule has 1 N–H and O–H groups in total. The number of hydrogen-bond acceptors (Lipinski definition) is 4. The van der Waals surface area contributed by atoms with Gasteiger partial charge in [-0.25, -0.2) is 14.1 Å². The molecule has 6 nitrogen and oxygen atoms in total. The first-order valence-electron chi connectivity index (χ1n) is 7.40. The van der Waals surface area contributed by atoms with Crippen LogP contribution in [0.5, 0.6) is 5.75 Å². The Hall–Kier alpha value is -2.93. The van der Waals surface area contributed by atoms with Gasteiger partial charge in [0.1, 0.15) is 24.2 Å². The molecule has 25 heavy (non-hydrogen) atoms. The normalized spacial score (nSPS) is 10.5. The predicted octanol–water partition coefficient (Wildman–Crippen LogP) is 2.76. The zero-order valence-electron chi connectivity index (χ0n) is 13.0. The van der Waals surface area contributed by atoms with Crippen molar-refractivity contribution in [3.05, 3.63) is 71.5 Å². The van der Waals surface area contributed by atoms with Gasteiger partial charge in [0.2, 0.25) is 0 Å². The monoisotopic (exact) mass is 360 g/mol. The van der Waals surface area contributed by atoms with Gasteiger partial charge in [-0.2, -0.15) is 5.10 Å². The molecule has 0 bridgehead atoms. The number of rotatable bonds is 6. The molecule has 0 saturated carbocycles. The van der Waals surface area contributed by atoms with Gasteiger partial charge in [0.15, 0.2) is 6.61 Å². The molecule has 1 aromatic heterocycles. The maximum atomic E-state index is 13.0. The molecule has 128 valence electrons. The molecule has 1 heterocycles. The van der Waals surface area contributed by atoms with Crippen LogP contribution in [0.25, 0.3) is 5.69 Å². The van der Waals surface area contributed by atoms with Crippen molar-refractivity contribution in [1.82, 2.24) is 20.1 Å². The summed E-state index contributed by atoms with van der Waals surface area (Å²) in [7, 11) is 0. The van der Waals surface area contributed by atoms with Crippen LogP contribution in [0.3, 0.4) is 0 Å². The van der Waals surface area contributed by atoms with Crippen molar-refractivity contribution in [3.63, 3.8) is 0 Å². The first-order valence-corrected chi connectivity index (χ1v) is 7.78. The molecule has 3 rings (SSSR count). The largest absolute Gasteiger partial charge is 0.484 e. The number of carbonyl (C=O) groups excluding carboxylic acids is 1. The van der Waals surface area contributed by atoms with Gasteiger partial charge in [-0.1, -0.05) is 23.7 Å². The fourth-order valence-corrected chi connectivity index (χ4v) is 2.25. The summed E-state index contributed by atoms with van der Waals surface area (Å²) in [5, 5.41) is 6.73. The van der Waals surface area contributed by atoms with Crippen molar-refractivity contribution >= 4 is 17.5 Å². The standard InChI is InChI=1S/C17H14ClFN4O2/c18-15-7-14(5-6-16(15)19)25-9-17(24)21-8-12-1-3-13(4-2-12)23-11-20-10-22-23/h1-7,10-11H,8-9H2,(H,21,24). The van der Waals surface area contributed by atoms with Gasteiger partial charge in [-0.3, -0.25) is 4.79 Å². The van der Waals surface area contributed by atoms with Gasteiger partial charge in [0, 0.05) is 12.6 Å². The van der Waals surface area contributed by atoms with Crippen LogP contribution in [0.4, 0.5) is 4.39 Å². The first-order chi connectivity index (χ1) is 12.1. The summed E-state index contributed by atoms with van der Waals surface area (Å²) in [5.74, 6) is -0.493. The van der Waals surface area contributed by atoms with Crippen molar-refractivity contribution in [2.24, 2.45) is 0 Å². The number of aromatic nitrogens is 3. The Labute approximate surface area is 148 Å². The van der Waals surface area contributed by atoms with E-state index in [1.54, 1.807) is 11.0 Å². The van der Waals surface area contributed by atoms with Crippen molar-refractivity contribution in [2.45, 2.75) is 6.54 Å². The lowest BCUT2D eigenvalue weighted by Gasteiger charge is -2.08. The fourth-order valence-electron chi connectivity index (χ4n) is 2.08. The number of halogens is 2. The molecule has 0 aliphatic rings. The summed E-state index contributed by atoms with van der Waals surface area (Å²) in [6, 6.07) is 11.5. The maximum Gasteiger partial charge on any atom is 0.258 e. The number of ether oxygens (including phenoxy) is 1. The van der Waals surface area contributed by atoms with Crippen molar-refractivity contribution in [1.29, 1.82) is 0 Å². The molecule has 8 heteroatoms. The molecule has 0 spiro atoms. The Balaban J connectivity index is 1.48. The van der Waals surface area contributed by atoms with Crippen LogP contribution in [0.2, 0.25) is 5.02 Å². The topological polar surface area (TPSA) is 69.0 Å². The lowest BCUT2D eigenvalue weighted by atomic mass is 10.2. The van der Waals surface area contributed by atoms with Crippen LogP contribution < -0.4 is 10.1 Å². The second-order valence-corrected chi connectivity index (χ2v) is 5.56. The molecule has 0 unspecified atom stereocenters. The highest BCUT2D eigenvalue weighted by atomic mass is 35.5. The molecule has 0 aliphatic carbocycles. The van der Waals surface area contributed by atoms with Crippen molar-refractivity contribution < 1.29 is 13.9 Å². The highest BCUT2D eigenvalue weighted by Crippen LogP contribution is 2.20. The maximum absolute atomic E-state index is 13.0. The highest BCUT2D eigenvalue weighted by molar-refractivity contribution is 6.30. The molecule has 0 saturated heterocycles. The Kier molecular flexibility index (Phi) is 5.25. The zero-order valence-corrected chi connectivity index (χ0v) is 13.8. The number of nitrogens with zero attached hydrogens (tertiary/aromatic N) is 3. The molecule has 2 aromatic carbocycles.